The van der Waals surface area contributed by atoms with Gasteiger partial charge in [-0.15, -0.1) is 0 Å². The first-order valence-electron chi connectivity index (χ1n) is 12.3. The molecular weight excluding hydrogens is 466 g/mol. The summed E-state index contributed by atoms with van der Waals surface area (Å²) in [6.45, 7) is 10.2. The topological polar surface area (TPSA) is 76.1 Å². The number of ether oxygens (including phenoxy) is 2. The number of aliphatic hydroxyl groups is 1. The van der Waals surface area contributed by atoms with Crippen LogP contribution in [0.15, 0.2) is 78.4 Å². The Morgan fingerprint density at radius 3 is 2.14 bits per heavy atom. The molecule has 4 rings (SSSR count). The zero-order valence-corrected chi connectivity index (χ0v) is 22.1. The molecule has 6 heteroatoms. The highest BCUT2D eigenvalue weighted by atomic mass is 16.5. The molecule has 1 unspecified atom stereocenters. The molecule has 1 aliphatic heterocycles. The van der Waals surface area contributed by atoms with Crippen LogP contribution < -0.4 is 14.4 Å². The van der Waals surface area contributed by atoms with E-state index in [-0.39, 0.29) is 22.9 Å². The average Bonchev–Trinajstić information content (AvgIpc) is 3.13. The number of aliphatic hydroxyl groups excluding tert-OH is 1. The van der Waals surface area contributed by atoms with Crippen molar-refractivity contribution in [1.82, 2.24) is 0 Å². The minimum atomic E-state index is -0.808. The summed E-state index contributed by atoms with van der Waals surface area (Å²) in [7, 11) is 1.53. The van der Waals surface area contributed by atoms with Gasteiger partial charge in [0.2, 0.25) is 0 Å². The van der Waals surface area contributed by atoms with Crippen LogP contribution in [0.2, 0.25) is 0 Å². The van der Waals surface area contributed by atoms with E-state index < -0.39 is 17.7 Å². The van der Waals surface area contributed by atoms with E-state index >= 15 is 0 Å². The van der Waals surface area contributed by atoms with Gasteiger partial charge in [0.1, 0.15) is 17.3 Å². The van der Waals surface area contributed by atoms with Gasteiger partial charge in [0, 0.05) is 11.3 Å². The normalized spacial score (nSPS) is 17.4. The fraction of sp³-hybridized carbons (Fsp3) is 0.290. The third-order valence-electron chi connectivity index (χ3n) is 6.37. The number of methoxy groups -OCH3 is 1. The van der Waals surface area contributed by atoms with Crippen molar-refractivity contribution >= 4 is 23.1 Å². The summed E-state index contributed by atoms with van der Waals surface area (Å²) in [6, 6.07) is 20.9. The molecule has 37 heavy (non-hydrogen) atoms. The molecule has 192 valence electrons. The van der Waals surface area contributed by atoms with Crippen LogP contribution in [0.5, 0.6) is 11.5 Å². The second-order valence-corrected chi connectivity index (χ2v) is 10.4. The van der Waals surface area contributed by atoms with Gasteiger partial charge in [-0.1, -0.05) is 57.2 Å². The Bertz CT molecular complexity index is 1330. The first-order chi connectivity index (χ1) is 17.5. The second-order valence-electron chi connectivity index (χ2n) is 10.4. The van der Waals surface area contributed by atoms with Gasteiger partial charge < -0.3 is 14.6 Å². The number of hydrogen-bond donors (Lipinski definition) is 1. The van der Waals surface area contributed by atoms with E-state index in [1.165, 1.54) is 12.0 Å². The minimum absolute atomic E-state index is 0.00396. The minimum Gasteiger partial charge on any atom is -0.507 e. The number of amides is 1. The summed E-state index contributed by atoms with van der Waals surface area (Å²) in [5, 5.41) is 11.4. The lowest BCUT2D eigenvalue weighted by atomic mass is 9.85. The summed E-state index contributed by atoms with van der Waals surface area (Å²) < 4.78 is 11.0. The number of ketones is 1. The molecule has 1 aliphatic rings. The Morgan fingerprint density at radius 1 is 0.919 bits per heavy atom. The lowest BCUT2D eigenvalue weighted by Gasteiger charge is -2.27. The number of hydrogen-bond acceptors (Lipinski definition) is 5. The van der Waals surface area contributed by atoms with E-state index in [4.69, 9.17) is 9.47 Å². The van der Waals surface area contributed by atoms with Crippen molar-refractivity contribution < 1.29 is 24.2 Å². The Balaban J connectivity index is 1.88. The van der Waals surface area contributed by atoms with Crippen molar-refractivity contribution in [3.05, 3.63) is 95.1 Å². The smallest absolute Gasteiger partial charge is 0.300 e. The molecular formula is C31H33NO5. The zero-order valence-electron chi connectivity index (χ0n) is 22.1. The highest BCUT2D eigenvalue weighted by Gasteiger charge is 2.47. The SMILES string of the molecule is COc1cccc(/C(O)=C2/C(=O)C(=O)N(c3ccc(OC(C)C)cc3)C2c2ccc(C(C)(C)C)cc2)c1. The van der Waals surface area contributed by atoms with E-state index in [1.807, 2.05) is 38.1 Å². The standard InChI is InChI=1S/C31H33NO5/c1-19(2)37-24-16-14-23(15-17-24)32-27(20-10-12-22(13-11-20)31(3,4)5)26(29(34)30(32)35)28(33)21-8-7-9-25(18-21)36-6/h7-19,27,33H,1-6H3/b28-26-. The predicted molar refractivity (Wildman–Crippen MR) is 145 cm³/mol. The van der Waals surface area contributed by atoms with Crippen LogP contribution in [0.3, 0.4) is 0 Å². The van der Waals surface area contributed by atoms with Gasteiger partial charge in [0.25, 0.3) is 11.7 Å². The third kappa shape index (κ3) is 5.24. The van der Waals surface area contributed by atoms with Crippen molar-refractivity contribution in [1.29, 1.82) is 0 Å². The number of carbonyl (C=O) groups excluding carboxylic acids is 2. The Hall–Kier alpha value is -4.06. The Kier molecular flexibility index (Phi) is 7.12. The molecule has 1 amide bonds. The molecule has 1 fully saturated rings. The molecule has 0 radical (unpaired) electrons. The van der Waals surface area contributed by atoms with Gasteiger partial charge in [0.05, 0.1) is 24.8 Å². The molecule has 3 aromatic carbocycles. The molecule has 3 aromatic rings. The van der Waals surface area contributed by atoms with Crippen LogP contribution >= 0.6 is 0 Å². The summed E-state index contributed by atoms with van der Waals surface area (Å²) in [6.07, 6.45) is 0.00396. The molecule has 0 spiro atoms. The quantitative estimate of drug-likeness (QED) is 0.241. The van der Waals surface area contributed by atoms with Gasteiger partial charge in [0.15, 0.2) is 0 Å². The first kappa shape index (κ1) is 26.0. The molecule has 1 N–H and O–H groups in total. The predicted octanol–water partition coefficient (Wildman–Crippen LogP) is 6.41. The molecule has 0 aliphatic carbocycles. The number of carbonyl (C=O) groups is 2. The monoisotopic (exact) mass is 499 g/mol. The summed E-state index contributed by atoms with van der Waals surface area (Å²) in [4.78, 5) is 28.3. The van der Waals surface area contributed by atoms with Crippen molar-refractivity contribution in [2.45, 2.75) is 52.2 Å². The van der Waals surface area contributed by atoms with Crippen LogP contribution in [-0.4, -0.2) is 30.0 Å². The fourth-order valence-electron chi connectivity index (χ4n) is 4.46. The number of anilines is 1. The van der Waals surface area contributed by atoms with Crippen LogP contribution in [-0.2, 0) is 15.0 Å². The van der Waals surface area contributed by atoms with Crippen LogP contribution in [0.25, 0.3) is 5.76 Å². The van der Waals surface area contributed by atoms with E-state index in [1.54, 1.807) is 48.5 Å². The highest BCUT2D eigenvalue weighted by Crippen LogP contribution is 2.43. The number of Topliss-reactive ketones (excluding diaryl/α,β-unsaturated/α-hetero) is 1. The lowest BCUT2D eigenvalue weighted by Crippen LogP contribution is -2.29. The van der Waals surface area contributed by atoms with E-state index in [0.717, 1.165) is 11.1 Å². The molecule has 1 atom stereocenters. The molecule has 1 heterocycles. The summed E-state index contributed by atoms with van der Waals surface area (Å²) in [5.41, 5.74) is 2.74. The second kappa shape index (κ2) is 10.1. The maximum Gasteiger partial charge on any atom is 0.300 e. The number of rotatable bonds is 6. The van der Waals surface area contributed by atoms with Crippen molar-refractivity contribution in [3.63, 3.8) is 0 Å². The average molecular weight is 500 g/mol. The Morgan fingerprint density at radius 2 is 1.57 bits per heavy atom. The molecule has 0 saturated carbocycles. The fourth-order valence-corrected chi connectivity index (χ4v) is 4.46. The first-order valence-corrected chi connectivity index (χ1v) is 12.3. The van der Waals surface area contributed by atoms with Gasteiger partial charge in [-0.2, -0.15) is 0 Å². The molecule has 0 aromatic heterocycles. The summed E-state index contributed by atoms with van der Waals surface area (Å²) >= 11 is 0. The zero-order chi connectivity index (χ0) is 26.9. The Labute approximate surface area is 218 Å². The van der Waals surface area contributed by atoms with Crippen molar-refractivity contribution in [2.75, 3.05) is 12.0 Å². The molecule has 1 saturated heterocycles. The largest absolute Gasteiger partial charge is 0.507 e. The van der Waals surface area contributed by atoms with Gasteiger partial charge in [-0.05, 0) is 66.8 Å². The van der Waals surface area contributed by atoms with Gasteiger partial charge >= 0.3 is 0 Å². The van der Waals surface area contributed by atoms with Crippen molar-refractivity contribution in [3.8, 4) is 11.5 Å². The third-order valence-corrected chi connectivity index (χ3v) is 6.37. The number of nitrogens with zero attached hydrogens (tertiary/aromatic N) is 1. The van der Waals surface area contributed by atoms with Crippen LogP contribution in [0.4, 0.5) is 5.69 Å². The van der Waals surface area contributed by atoms with Crippen molar-refractivity contribution in [2.24, 2.45) is 0 Å². The van der Waals surface area contributed by atoms with Gasteiger partial charge in [-0.3, -0.25) is 14.5 Å². The maximum absolute atomic E-state index is 13.4. The van der Waals surface area contributed by atoms with E-state index in [0.29, 0.717) is 22.7 Å². The molecule has 6 nitrogen and oxygen atoms in total. The number of benzene rings is 3. The molecule has 0 bridgehead atoms. The highest BCUT2D eigenvalue weighted by molar-refractivity contribution is 6.51. The van der Waals surface area contributed by atoms with Crippen LogP contribution in [0, 0.1) is 0 Å². The van der Waals surface area contributed by atoms with Crippen LogP contribution in [0.1, 0.15) is 57.4 Å². The van der Waals surface area contributed by atoms with E-state index in [9.17, 15) is 14.7 Å². The summed E-state index contributed by atoms with van der Waals surface area (Å²) in [5.74, 6) is -0.494. The maximum atomic E-state index is 13.4. The van der Waals surface area contributed by atoms with E-state index in [2.05, 4.69) is 20.8 Å². The van der Waals surface area contributed by atoms with Gasteiger partial charge in [-0.25, -0.2) is 0 Å². The lowest BCUT2D eigenvalue weighted by molar-refractivity contribution is -0.132.